The number of carbonyl (C=O) groups excluding carboxylic acids is 1. The van der Waals surface area contributed by atoms with E-state index >= 15 is 0 Å². The summed E-state index contributed by atoms with van der Waals surface area (Å²) in [5, 5.41) is 9.90. The average molecular weight is 447 g/mol. The normalized spacial score (nSPS) is 16.8. The SMILES string of the molecule is O=C(OCC1c2ccccc2-c2ccccc21)N1CCN(C(CO)c2ccc(F)cc2)CC1. The number of aliphatic hydroxyl groups is 1. The minimum atomic E-state index is -0.307. The van der Waals surface area contributed by atoms with Crippen molar-refractivity contribution in [1.29, 1.82) is 0 Å². The lowest BCUT2D eigenvalue weighted by molar-refractivity contribution is 0.0483. The van der Waals surface area contributed by atoms with E-state index in [9.17, 15) is 14.3 Å². The topological polar surface area (TPSA) is 53.0 Å². The molecule has 5 nitrogen and oxygen atoms in total. The molecule has 5 rings (SSSR count). The molecule has 2 aliphatic rings. The average Bonchev–Trinajstić information content (AvgIpc) is 3.18. The smallest absolute Gasteiger partial charge is 0.409 e. The van der Waals surface area contributed by atoms with Crippen molar-refractivity contribution >= 4 is 6.09 Å². The Bertz CT molecular complexity index is 1080. The second-order valence-electron chi connectivity index (χ2n) is 8.58. The summed E-state index contributed by atoms with van der Waals surface area (Å²) in [6.07, 6.45) is -0.307. The molecular formula is C27H27FN2O3. The molecule has 170 valence electrons. The summed E-state index contributed by atoms with van der Waals surface area (Å²) in [6, 6.07) is 22.6. The number of amides is 1. The monoisotopic (exact) mass is 446 g/mol. The van der Waals surface area contributed by atoms with Crippen LogP contribution in [-0.4, -0.2) is 60.4 Å². The number of hydrogen-bond acceptors (Lipinski definition) is 4. The molecule has 6 heteroatoms. The number of piperazine rings is 1. The van der Waals surface area contributed by atoms with Gasteiger partial charge < -0.3 is 14.7 Å². The predicted octanol–water partition coefficient (Wildman–Crippen LogP) is 4.43. The third-order valence-corrected chi connectivity index (χ3v) is 6.78. The van der Waals surface area contributed by atoms with Crippen LogP contribution in [0.4, 0.5) is 9.18 Å². The van der Waals surface area contributed by atoms with E-state index in [0.717, 1.165) is 5.56 Å². The number of ether oxygens (including phenoxy) is 1. The van der Waals surface area contributed by atoms with Gasteiger partial charge in [-0.2, -0.15) is 0 Å². The van der Waals surface area contributed by atoms with Crippen LogP contribution in [0, 0.1) is 5.82 Å². The summed E-state index contributed by atoms with van der Waals surface area (Å²) in [6.45, 7) is 2.53. The lowest BCUT2D eigenvalue weighted by atomic mass is 9.98. The van der Waals surface area contributed by atoms with Crippen molar-refractivity contribution in [2.24, 2.45) is 0 Å². The van der Waals surface area contributed by atoms with Gasteiger partial charge in [0.05, 0.1) is 12.6 Å². The highest BCUT2D eigenvalue weighted by Crippen LogP contribution is 2.44. The summed E-state index contributed by atoms with van der Waals surface area (Å²) in [5.41, 5.74) is 5.67. The van der Waals surface area contributed by atoms with Crippen LogP contribution in [0.2, 0.25) is 0 Å². The van der Waals surface area contributed by atoms with Gasteiger partial charge in [0.15, 0.2) is 0 Å². The van der Waals surface area contributed by atoms with Crippen LogP contribution in [0.15, 0.2) is 72.8 Å². The highest BCUT2D eigenvalue weighted by atomic mass is 19.1. The van der Waals surface area contributed by atoms with Crippen LogP contribution >= 0.6 is 0 Å². The Labute approximate surface area is 193 Å². The van der Waals surface area contributed by atoms with Gasteiger partial charge in [0.1, 0.15) is 12.4 Å². The Kier molecular flexibility index (Phi) is 6.11. The first-order valence-electron chi connectivity index (χ1n) is 11.4. The predicted molar refractivity (Wildman–Crippen MR) is 124 cm³/mol. The number of benzene rings is 3. The molecule has 3 aromatic rings. The van der Waals surface area contributed by atoms with Crippen molar-refractivity contribution in [1.82, 2.24) is 9.80 Å². The van der Waals surface area contributed by atoms with Crippen molar-refractivity contribution in [3.05, 3.63) is 95.3 Å². The van der Waals surface area contributed by atoms with Gasteiger partial charge in [-0.1, -0.05) is 60.7 Å². The van der Waals surface area contributed by atoms with Crippen LogP contribution in [0.1, 0.15) is 28.7 Å². The lowest BCUT2D eigenvalue weighted by Crippen LogP contribution is -2.50. The molecule has 1 heterocycles. The first-order chi connectivity index (χ1) is 16.2. The zero-order chi connectivity index (χ0) is 22.8. The molecule has 0 spiro atoms. The molecule has 1 N–H and O–H groups in total. The summed E-state index contributed by atoms with van der Waals surface area (Å²) < 4.78 is 19.0. The molecule has 1 amide bonds. The highest BCUT2D eigenvalue weighted by molar-refractivity contribution is 5.79. The van der Waals surface area contributed by atoms with Gasteiger partial charge in [-0.15, -0.1) is 0 Å². The van der Waals surface area contributed by atoms with Gasteiger partial charge in [-0.25, -0.2) is 9.18 Å². The second-order valence-corrected chi connectivity index (χ2v) is 8.58. The summed E-state index contributed by atoms with van der Waals surface area (Å²) in [5.74, 6) is -0.254. The molecular weight excluding hydrogens is 419 g/mol. The molecule has 33 heavy (non-hydrogen) atoms. The highest BCUT2D eigenvalue weighted by Gasteiger charge is 2.31. The summed E-state index contributed by atoms with van der Waals surface area (Å²) >= 11 is 0. The van der Waals surface area contributed by atoms with Crippen LogP contribution < -0.4 is 0 Å². The van der Waals surface area contributed by atoms with Gasteiger partial charge in [-0.05, 0) is 39.9 Å². The summed E-state index contributed by atoms with van der Waals surface area (Å²) in [7, 11) is 0. The van der Waals surface area contributed by atoms with E-state index in [4.69, 9.17) is 4.74 Å². The van der Waals surface area contributed by atoms with Crippen molar-refractivity contribution in [3.8, 4) is 11.1 Å². The lowest BCUT2D eigenvalue weighted by Gasteiger charge is -2.38. The minimum absolute atomic E-state index is 0.0416. The molecule has 0 aromatic heterocycles. The maximum atomic E-state index is 13.3. The van der Waals surface area contributed by atoms with Crippen LogP contribution in [0.25, 0.3) is 11.1 Å². The number of halogens is 1. The molecule has 0 bridgehead atoms. The van der Waals surface area contributed by atoms with Crippen molar-refractivity contribution in [3.63, 3.8) is 0 Å². The van der Waals surface area contributed by atoms with E-state index in [1.54, 1.807) is 17.0 Å². The molecule has 0 radical (unpaired) electrons. The fourth-order valence-corrected chi connectivity index (χ4v) is 5.02. The number of nitrogens with zero attached hydrogens (tertiary/aromatic N) is 2. The zero-order valence-corrected chi connectivity index (χ0v) is 18.4. The first-order valence-corrected chi connectivity index (χ1v) is 11.4. The maximum absolute atomic E-state index is 13.3. The molecule has 1 aliphatic carbocycles. The Morgan fingerprint density at radius 3 is 2.06 bits per heavy atom. The van der Waals surface area contributed by atoms with E-state index in [1.807, 2.05) is 24.3 Å². The Hall–Kier alpha value is -3.22. The van der Waals surface area contributed by atoms with Gasteiger partial charge in [0.2, 0.25) is 0 Å². The summed E-state index contributed by atoms with van der Waals surface area (Å²) in [4.78, 5) is 16.7. The van der Waals surface area contributed by atoms with E-state index in [0.29, 0.717) is 32.8 Å². The zero-order valence-electron chi connectivity index (χ0n) is 18.4. The Morgan fingerprint density at radius 1 is 0.909 bits per heavy atom. The number of aliphatic hydroxyl groups excluding tert-OH is 1. The number of carbonyl (C=O) groups is 1. The molecule has 1 fully saturated rings. The largest absolute Gasteiger partial charge is 0.448 e. The molecule has 1 aliphatic heterocycles. The fraction of sp³-hybridized carbons (Fsp3) is 0.296. The van der Waals surface area contributed by atoms with E-state index in [1.165, 1.54) is 34.4 Å². The van der Waals surface area contributed by atoms with Crippen molar-refractivity contribution in [2.45, 2.75) is 12.0 Å². The van der Waals surface area contributed by atoms with Gasteiger partial charge in [-0.3, -0.25) is 4.90 Å². The third-order valence-electron chi connectivity index (χ3n) is 6.78. The van der Waals surface area contributed by atoms with E-state index in [-0.39, 0.29) is 30.5 Å². The maximum Gasteiger partial charge on any atom is 0.409 e. The van der Waals surface area contributed by atoms with Crippen molar-refractivity contribution in [2.75, 3.05) is 39.4 Å². The molecule has 0 saturated carbocycles. The number of rotatable bonds is 5. The van der Waals surface area contributed by atoms with Crippen LogP contribution in [0.5, 0.6) is 0 Å². The minimum Gasteiger partial charge on any atom is -0.448 e. The Balaban J connectivity index is 1.20. The first kappa shape index (κ1) is 21.6. The Morgan fingerprint density at radius 2 is 1.48 bits per heavy atom. The van der Waals surface area contributed by atoms with Crippen LogP contribution in [0.3, 0.4) is 0 Å². The van der Waals surface area contributed by atoms with Gasteiger partial charge >= 0.3 is 6.09 Å². The quantitative estimate of drug-likeness (QED) is 0.630. The number of fused-ring (bicyclic) bond motifs is 3. The molecule has 1 unspecified atom stereocenters. The second kappa shape index (κ2) is 9.33. The van der Waals surface area contributed by atoms with Gasteiger partial charge in [0.25, 0.3) is 0 Å². The number of hydrogen-bond donors (Lipinski definition) is 1. The van der Waals surface area contributed by atoms with E-state index < -0.39 is 0 Å². The van der Waals surface area contributed by atoms with E-state index in [2.05, 4.69) is 29.2 Å². The fourth-order valence-electron chi connectivity index (χ4n) is 5.02. The molecule has 3 aromatic carbocycles. The van der Waals surface area contributed by atoms with Gasteiger partial charge in [0, 0.05) is 32.1 Å². The van der Waals surface area contributed by atoms with Crippen molar-refractivity contribution < 1.29 is 19.0 Å². The molecule has 1 saturated heterocycles. The standard InChI is InChI=1S/C27H27FN2O3/c28-20-11-9-19(10-12-20)26(17-31)29-13-15-30(16-14-29)27(32)33-18-25-23-7-3-1-5-21(23)22-6-2-4-8-24(22)25/h1-12,25-26,31H,13-18H2. The van der Waals surface area contributed by atoms with Crippen LogP contribution in [-0.2, 0) is 4.74 Å². The third kappa shape index (κ3) is 4.24. The molecule has 1 atom stereocenters.